The van der Waals surface area contributed by atoms with Crippen molar-refractivity contribution in [3.63, 3.8) is 0 Å². The molecule has 0 atom stereocenters. The second-order valence-corrected chi connectivity index (χ2v) is 4.20. The Morgan fingerprint density at radius 2 is 2.10 bits per heavy atom. The van der Waals surface area contributed by atoms with E-state index in [9.17, 15) is 14.5 Å². The molecule has 2 aromatic rings. The third kappa shape index (κ3) is 3.03. The van der Waals surface area contributed by atoms with Crippen LogP contribution in [0.1, 0.15) is 11.3 Å². The molecule has 0 unspecified atom stereocenters. The zero-order chi connectivity index (χ0) is 15.6. The Morgan fingerprint density at radius 3 is 2.67 bits per heavy atom. The van der Waals surface area contributed by atoms with Gasteiger partial charge in [0.2, 0.25) is 5.95 Å². The molecule has 2 rings (SSSR count). The van der Waals surface area contributed by atoms with Crippen molar-refractivity contribution in [3.8, 4) is 11.6 Å². The maximum absolute atomic E-state index is 13.5. The summed E-state index contributed by atoms with van der Waals surface area (Å²) in [6.45, 7) is 3.01. The van der Waals surface area contributed by atoms with E-state index < -0.39 is 16.4 Å². The number of nitrogens with one attached hydrogen (secondary N) is 1. The molecule has 8 nitrogen and oxygen atoms in total. The highest BCUT2D eigenvalue weighted by Gasteiger charge is 2.24. The number of halogens is 1. The minimum Gasteiger partial charge on any atom is -0.433 e. The molecule has 0 aliphatic heterocycles. The summed E-state index contributed by atoms with van der Waals surface area (Å²) in [7, 11) is 0. The highest BCUT2D eigenvalue weighted by Crippen LogP contribution is 2.32. The van der Waals surface area contributed by atoms with E-state index in [1.165, 1.54) is 19.1 Å². The molecule has 1 aromatic heterocycles. The first-order valence-corrected chi connectivity index (χ1v) is 5.86. The summed E-state index contributed by atoms with van der Waals surface area (Å²) < 4.78 is 18.8. The van der Waals surface area contributed by atoms with Crippen molar-refractivity contribution in [3.05, 3.63) is 45.4 Å². The molecule has 3 N–H and O–H groups in total. The molecule has 0 amide bonds. The van der Waals surface area contributed by atoms with Crippen LogP contribution in [0, 0.1) is 29.8 Å². The second kappa shape index (κ2) is 5.67. The number of hydrogen-bond acceptors (Lipinski definition) is 7. The van der Waals surface area contributed by atoms with Gasteiger partial charge >= 0.3 is 11.6 Å². The van der Waals surface area contributed by atoms with Gasteiger partial charge in [0, 0.05) is 6.07 Å². The van der Waals surface area contributed by atoms with Crippen molar-refractivity contribution in [1.82, 2.24) is 9.97 Å². The van der Waals surface area contributed by atoms with E-state index in [0.29, 0.717) is 5.56 Å². The number of hydrazine groups is 1. The maximum atomic E-state index is 13.5. The third-order valence-electron chi connectivity index (χ3n) is 2.70. The van der Waals surface area contributed by atoms with Crippen LogP contribution < -0.4 is 16.0 Å². The van der Waals surface area contributed by atoms with E-state index in [1.54, 1.807) is 6.92 Å². The maximum Gasteiger partial charge on any atom is 0.352 e. The van der Waals surface area contributed by atoms with Crippen LogP contribution in [0.15, 0.2) is 18.2 Å². The molecule has 0 aliphatic carbocycles. The van der Waals surface area contributed by atoms with Crippen molar-refractivity contribution in [2.75, 3.05) is 5.43 Å². The molecule has 0 radical (unpaired) electrons. The number of nitrogen functional groups attached to an aromatic ring is 1. The summed E-state index contributed by atoms with van der Waals surface area (Å²) >= 11 is 0. The Labute approximate surface area is 118 Å². The average molecular weight is 293 g/mol. The second-order valence-electron chi connectivity index (χ2n) is 4.20. The first-order valence-electron chi connectivity index (χ1n) is 5.86. The minimum absolute atomic E-state index is 0.0410. The quantitative estimate of drug-likeness (QED) is 0.504. The number of nitro groups is 1. The van der Waals surface area contributed by atoms with Gasteiger partial charge in [0.15, 0.2) is 0 Å². The zero-order valence-corrected chi connectivity index (χ0v) is 11.3. The first-order chi connectivity index (χ1) is 9.92. The average Bonchev–Trinajstić information content (AvgIpc) is 2.41. The topological polar surface area (TPSA) is 116 Å². The molecule has 0 saturated carbocycles. The number of nitrogens with two attached hydrogens (primary N) is 1. The summed E-state index contributed by atoms with van der Waals surface area (Å²) in [5, 5.41) is 11.1. The Hall–Kier alpha value is -2.81. The van der Waals surface area contributed by atoms with Gasteiger partial charge in [-0.3, -0.25) is 15.5 Å². The van der Waals surface area contributed by atoms with Crippen molar-refractivity contribution in [2.45, 2.75) is 13.8 Å². The van der Waals surface area contributed by atoms with E-state index >= 15 is 0 Å². The number of aryl methyl sites for hydroxylation is 2. The molecule has 0 spiro atoms. The lowest BCUT2D eigenvalue weighted by Gasteiger charge is -2.09. The van der Waals surface area contributed by atoms with E-state index in [-0.39, 0.29) is 23.3 Å². The van der Waals surface area contributed by atoms with Gasteiger partial charge in [-0.2, -0.15) is 4.98 Å². The highest BCUT2D eigenvalue weighted by atomic mass is 19.1. The summed E-state index contributed by atoms with van der Waals surface area (Å²) in [6, 6.07) is 4.09. The molecule has 1 heterocycles. The fourth-order valence-electron chi connectivity index (χ4n) is 1.64. The lowest BCUT2D eigenvalue weighted by molar-refractivity contribution is -0.386. The summed E-state index contributed by atoms with van der Waals surface area (Å²) in [6.07, 6.45) is 0. The highest BCUT2D eigenvalue weighted by molar-refractivity contribution is 5.50. The van der Waals surface area contributed by atoms with Gasteiger partial charge in [-0.05, 0) is 25.5 Å². The van der Waals surface area contributed by atoms with E-state index in [0.717, 1.165) is 6.07 Å². The van der Waals surface area contributed by atoms with E-state index in [1.807, 2.05) is 0 Å². The number of ether oxygens (including phenoxy) is 1. The fraction of sp³-hybridized carbons (Fsp3) is 0.167. The predicted octanol–water partition coefficient (Wildman–Crippen LogP) is 2.22. The Balaban J connectivity index is 2.48. The largest absolute Gasteiger partial charge is 0.433 e. The number of aromatic nitrogens is 2. The van der Waals surface area contributed by atoms with Crippen molar-refractivity contribution < 1.29 is 14.1 Å². The number of benzene rings is 1. The Morgan fingerprint density at radius 1 is 1.38 bits per heavy atom. The van der Waals surface area contributed by atoms with E-state index in [4.69, 9.17) is 10.6 Å². The fourth-order valence-corrected chi connectivity index (χ4v) is 1.64. The summed E-state index contributed by atoms with van der Waals surface area (Å²) in [5.74, 6) is 4.43. The van der Waals surface area contributed by atoms with Crippen molar-refractivity contribution in [2.24, 2.45) is 5.84 Å². The normalized spacial score (nSPS) is 10.3. The van der Waals surface area contributed by atoms with Crippen LogP contribution in [-0.4, -0.2) is 14.9 Å². The van der Waals surface area contributed by atoms with Gasteiger partial charge in [-0.25, -0.2) is 15.2 Å². The summed E-state index contributed by atoms with van der Waals surface area (Å²) in [4.78, 5) is 18.0. The van der Waals surface area contributed by atoms with Crippen LogP contribution in [0.4, 0.5) is 16.0 Å². The molecule has 0 fully saturated rings. The van der Waals surface area contributed by atoms with Crippen LogP contribution in [0.2, 0.25) is 0 Å². The predicted molar refractivity (Wildman–Crippen MR) is 72.4 cm³/mol. The Kier molecular flexibility index (Phi) is 3.94. The standard InChI is InChI=1S/C12H12FN5O3/c1-6-3-4-8(5-9(6)13)21-11-10(18(19)20)7(2)15-12(16-11)17-14/h3-5H,14H2,1-2H3,(H,15,16,17). The van der Waals surface area contributed by atoms with Gasteiger partial charge in [0.25, 0.3) is 0 Å². The van der Waals surface area contributed by atoms with Crippen LogP contribution in [-0.2, 0) is 0 Å². The molecule has 110 valence electrons. The molecule has 0 saturated heterocycles. The summed E-state index contributed by atoms with van der Waals surface area (Å²) in [5.41, 5.74) is 2.28. The molecule has 0 bridgehead atoms. The number of rotatable bonds is 4. The van der Waals surface area contributed by atoms with E-state index in [2.05, 4.69) is 15.4 Å². The number of hydrogen-bond donors (Lipinski definition) is 2. The van der Waals surface area contributed by atoms with Crippen LogP contribution in [0.3, 0.4) is 0 Å². The van der Waals surface area contributed by atoms with Gasteiger partial charge < -0.3 is 4.74 Å². The third-order valence-corrected chi connectivity index (χ3v) is 2.70. The molecular weight excluding hydrogens is 281 g/mol. The SMILES string of the molecule is Cc1ccc(Oc2nc(NN)nc(C)c2[N+](=O)[O-])cc1F. The van der Waals surface area contributed by atoms with Gasteiger partial charge in [0.1, 0.15) is 17.3 Å². The monoisotopic (exact) mass is 293 g/mol. The van der Waals surface area contributed by atoms with Gasteiger partial charge in [-0.15, -0.1) is 0 Å². The first kappa shape index (κ1) is 14.6. The van der Waals surface area contributed by atoms with Gasteiger partial charge in [-0.1, -0.05) is 6.07 Å². The minimum atomic E-state index is -0.671. The number of anilines is 1. The van der Waals surface area contributed by atoms with Crippen LogP contribution in [0.25, 0.3) is 0 Å². The molecule has 9 heteroatoms. The smallest absolute Gasteiger partial charge is 0.352 e. The molecule has 21 heavy (non-hydrogen) atoms. The zero-order valence-electron chi connectivity index (χ0n) is 11.3. The number of nitrogens with zero attached hydrogens (tertiary/aromatic N) is 3. The Bertz CT molecular complexity index is 708. The van der Waals surface area contributed by atoms with Crippen molar-refractivity contribution in [1.29, 1.82) is 0 Å². The van der Waals surface area contributed by atoms with Crippen LogP contribution in [0.5, 0.6) is 11.6 Å². The van der Waals surface area contributed by atoms with Crippen LogP contribution >= 0.6 is 0 Å². The van der Waals surface area contributed by atoms with Gasteiger partial charge in [0.05, 0.1) is 4.92 Å². The molecule has 0 aliphatic rings. The molecular formula is C12H12FN5O3. The lowest BCUT2D eigenvalue weighted by atomic mass is 10.2. The lowest BCUT2D eigenvalue weighted by Crippen LogP contribution is -2.12. The molecule has 1 aromatic carbocycles. The van der Waals surface area contributed by atoms with Crippen molar-refractivity contribution >= 4 is 11.6 Å².